The molecule has 1 saturated carbocycles. The van der Waals surface area contributed by atoms with Crippen LogP contribution >= 0.6 is 23.5 Å². The standard InChI is InChI=1S/C14H17NO2S2/c16-13(17)10-4-6-15-12(9-10)11-3-1-5-14(11)18-7-2-8-19-14/h4,6,9,11H,1-3,5,7-8H2,(H,16,17)/t11-/m1/s1. The Morgan fingerprint density at radius 1 is 1.37 bits per heavy atom. The fourth-order valence-electron chi connectivity index (χ4n) is 3.03. The Bertz CT molecular complexity index is 486. The van der Waals surface area contributed by atoms with E-state index in [1.165, 1.54) is 30.8 Å². The number of thioether (sulfide) groups is 2. The first-order valence-electron chi connectivity index (χ1n) is 6.68. The molecule has 5 heteroatoms. The second-order valence-corrected chi connectivity index (χ2v) is 8.19. The molecule has 0 aromatic carbocycles. The van der Waals surface area contributed by atoms with Gasteiger partial charge in [-0.05, 0) is 42.9 Å². The van der Waals surface area contributed by atoms with E-state index in [4.69, 9.17) is 5.11 Å². The summed E-state index contributed by atoms with van der Waals surface area (Å²) in [5.41, 5.74) is 1.33. The van der Waals surface area contributed by atoms with E-state index < -0.39 is 5.97 Å². The molecule has 0 amide bonds. The minimum absolute atomic E-state index is 0.252. The quantitative estimate of drug-likeness (QED) is 0.903. The van der Waals surface area contributed by atoms with Crippen molar-refractivity contribution in [2.45, 2.75) is 35.7 Å². The number of carboxylic acids is 1. The number of aromatic nitrogens is 1. The van der Waals surface area contributed by atoms with Crippen LogP contribution in [0.25, 0.3) is 0 Å². The fourth-order valence-corrected chi connectivity index (χ4v) is 6.77. The van der Waals surface area contributed by atoms with Crippen LogP contribution in [0.5, 0.6) is 0 Å². The van der Waals surface area contributed by atoms with Gasteiger partial charge in [-0.25, -0.2) is 4.79 Å². The van der Waals surface area contributed by atoms with E-state index in [9.17, 15) is 4.79 Å². The first-order chi connectivity index (χ1) is 9.21. The lowest BCUT2D eigenvalue weighted by Gasteiger charge is -2.37. The van der Waals surface area contributed by atoms with Crippen LogP contribution in [0.2, 0.25) is 0 Å². The van der Waals surface area contributed by atoms with Crippen LogP contribution in [0, 0.1) is 0 Å². The summed E-state index contributed by atoms with van der Waals surface area (Å²) >= 11 is 4.13. The molecule has 3 nitrogen and oxygen atoms in total. The van der Waals surface area contributed by atoms with Crippen molar-refractivity contribution < 1.29 is 9.90 Å². The van der Waals surface area contributed by atoms with Gasteiger partial charge in [0.2, 0.25) is 0 Å². The number of hydrogen-bond acceptors (Lipinski definition) is 4. The Labute approximate surface area is 121 Å². The van der Waals surface area contributed by atoms with Crippen molar-refractivity contribution in [3.05, 3.63) is 29.6 Å². The molecule has 1 atom stereocenters. The van der Waals surface area contributed by atoms with Crippen LogP contribution in [0.3, 0.4) is 0 Å². The van der Waals surface area contributed by atoms with E-state index in [-0.39, 0.29) is 4.08 Å². The van der Waals surface area contributed by atoms with Crippen LogP contribution in [0.4, 0.5) is 0 Å². The van der Waals surface area contributed by atoms with Gasteiger partial charge in [0.05, 0.1) is 9.64 Å². The van der Waals surface area contributed by atoms with Gasteiger partial charge in [-0.15, -0.1) is 23.5 Å². The fraction of sp³-hybridized carbons (Fsp3) is 0.571. The lowest BCUT2D eigenvalue weighted by atomic mass is 10.0. The molecule has 1 aliphatic heterocycles. The second kappa shape index (κ2) is 5.37. The van der Waals surface area contributed by atoms with Gasteiger partial charge in [-0.2, -0.15) is 0 Å². The Hall–Kier alpha value is -0.680. The number of carbonyl (C=O) groups is 1. The van der Waals surface area contributed by atoms with Crippen LogP contribution < -0.4 is 0 Å². The van der Waals surface area contributed by atoms with E-state index in [0.717, 1.165) is 12.1 Å². The molecule has 1 saturated heterocycles. The van der Waals surface area contributed by atoms with Crippen molar-refractivity contribution in [3.8, 4) is 0 Å². The first-order valence-corrected chi connectivity index (χ1v) is 8.65. The van der Waals surface area contributed by atoms with Crippen molar-refractivity contribution in [2.24, 2.45) is 0 Å². The predicted octanol–water partition coefficient (Wildman–Crippen LogP) is 3.61. The maximum atomic E-state index is 11.1. The Kier molecular flexibility index (Phi) is 3.76. The van der Waals surface area contributed by atoms with Gasteiger partial charge >= 0.3 is 5.97 Å². The minimum Gasteiger partial charge on any atom is -0.478 e. The smallest absolute Gasteiger partial charge is 0.335 e. The molecule has 0 radical (unpaired) electrons. The summed E-state index contributed by atoms with van der Waals surface area (Å²) in [5.74, 6) is 1.99. The molecule has 0 unspecified atom stereocenters. The maximum absolute atomic E-state index is 11.1. The molecular weight excluding hydrogens is 278 g/mol. The number of carboxylic acid groups (broad SMARTS) is 1. The van der Waals surface area contributed by atoms with Gasteiger partial charge in [-0.3, -0.25) is 4.98 Å². The monoisotopic (exact) mass is 295 g/mol. The van der Waals surface area contributed by atoms with E-state index in [0.29, 0.717) is 11.5 Å². The summed E-state index contributed by atoms with van der Waals surface area (Å²) < 4.78 is 0.252. The van der Waals surface area contributed by atoms with Crippen LogP contribution in [-0.2, 0) is 0 Å². The molecule has 1 aromatic rings. The van der Waals surface area contributed by atoms with Crippen LogP contribution in [0.15, 0.2) is 18.3 Å². The molecule has 0 bridgehead atoms. The van der Waals surface area contributed by atoms with E-state index >= 15 is 0 Å². The molecule has 1 spiro atoms. The number of pyridine rings is 1. The van der Waals surface area contributed by atoms with Gasteiger partial charge in [0.25, 0.3) is 0 Å². The molecule has 2 heterocycles. The third-order valence-electron chi connectivity index (χ3n) is 3.92. The zero-order valence-electron chi connectivity index (χ0n) is 10.7. The molecule has 2 aliphatic rings. The van der Waals surface area contributed by atoms with Crippen molar-refractivity contribution in [1.82, 2.24) is 4.98 Å². The number of aromatic carboxylic acids is 1. The third kappa shape index (κ3) is 2.50. The number of rotatable bonds is 2. The summed E-state index contributed by atoms with van der Waals surface area (Å²) in [6.45, 7) is 0. The lowest BCUT2D eigenvalue weighted by molar-refractivity contribution is 0.0696. The van der Waals surface area contributed by atoms with Gasteiger partial charge < -0.3 is 5.11 Å². The minimum atomic E-state index is -0.861. The summed E-state index contributed by atoms with van der Waals surface area (Å²) in [7, 11) is 0. The molecular formula is C14H17NO2S2. The zero-order chi connectivity index (χ0) is 13.3. The molecule has 102 valence electrons. The highest BCUT2D eigenvalue weighted by Crippen LogP contribution is 2.59. The molecule has 1 aliphatic carbocycles. The summed E-state index contributed by atoms with van der Waals surface area (Å²) in [6.07, 6.45) is 6.51. The second-order valence-electron chi connectivity index (χ2n) is 5.08. The SMILES string of the molecule is O=C(O)c1ccnc([C@H]2CCCC23SCCCS3)c1. The average molecular weight is 295 g/mol. The third-order valence-corrected chi connectivity index (χ3v) is 7.56. The Morgan fingerprint density at radius 2 is 2.16 bits per heavy atom. The van der Waals surface area contributed by atoms with Crippen LogP contribution in [-0.4, -0.2) is 31.6 Å². The Balaban J connectivity index is 1.92. The zero-order valence-corrected chi connectivity index (χ0v) is 12.3. The molecule has 1 aromatic heterocycles. The topological polar surface area (TPSA) is 50.2 Å². The van der Waals surface area contributed by atoms with E-state index in [2.05, 4.69) is 28.5 Å². The molecule has 1 N–H and O–H groups in total. The van der Waals surface area contributed by atoms with E-state index in [1.54, 1.807) is 18.3 Å². The predicted molar refractivity (Wildman–Crippen MR) is 80.1 cm³/mol. The van der Waals surface area contributed by atoms with Crippen molar-refractivity contribution in [1.29, 1.82) is 0 Å². The van der Waals surface area contributed by atoms with E-state index in [1.807, 2.05) is 0 Å². The summed E-state index contributed by atoms with van der Waals surface area (Å²) in [6, 6.07) is 3.35. The van der Waals surface area contributed by atoms with Crippen molar-refractivity contribution in [2.75, 3.05) is 11.5 Å². The number of hydrogen-bond donors (Lipinski definition) is 1. The van der Waals surface area contributed by atoms with Gasteiger partial charge in [0.15, 0.2) is 0 Å². The van der Waals surface area contributed by atoms with Crippen molar-refractivity contribution in [3.63, 3.8) is 0 Å². The normalized spacial score (nSPS) is 25.6. The molecule has 3 rings (SSSR count). The highest BCUT2D eigenvalue weighted by molar-refractivity contribution is 8.18. The van der Waals surface area contributed by atoms with Gasteiger partial charge in [-0.1, -0.05) is 6.42 Å². The number of nitrogens with zero attached hydrogens (tertiary/aromatic N) is 1. The lowest BCUT2D eigenvalue weighted by Crippen LogP contribution is -2.28. The summed E-state index contributed by atoms with van der Waals surface area (Å²) in [4.78, 5) is 15.6. The highest BCUT2D eigenvalue weighted by Gasteiger charge is 2.46. The molecule has 2 fully saturated rings. The Morgan fingerprint density at radius 3 is 2.89 bits per heavy atom. The van der Waals surface area contributed by atoms with Gasteiger partial charge in [0, 0.05) is 17.8 Å². The molecule has 19 heavy (non-hydrogen) atoms. The first kappa shape index (κ1) is 13.3. The largest absolute Gasteiger partial charge is 0.478 e. The average Bonchev–Trinajstić information content (AvgIpc) is 2.83. The summed E-state index contributed by atoms with van der Waals surface area (Å²) in [5, 5.41) is 9.12. The highest BCUT2D eigenvalue weighted by atomic mass is 32.2. The van der Waals surface area contributed by atoms with Crippen LogP contribution in [0.1, 0.15) is 47.7 Å². The van der Waals surface area contributed by atoms with Gasteiger partial charge in [0.1, 0.15) is 0 Å². The van der Waals surface area contributed by atoms with Crippen molar-refractivity contribution >= 4 is 29.5 Å². The maximum Gasteiger partial charge on any atom is 0.335 e.